The van der Waals surface area contributed by atoms with Crippen molar-refractivity contribution in [2.75, 3.05) is 17.0 Å². The van der Waals surface area contributed by atoms with Gasteiger partial charge in [-0.05, 0) is 54.6 Å². The standard InChI is InChI=1S/C26H21N3O3S2/c1-18-13-15-21(16-14-18)29-26(34-23(27-29)25(31)32-2)28(20-11-7-4-8-12-20)24(30)22(33-26)17-19-9-5-3-6-10-19/h3-17H,1-2H3/b22-17+/t26-/m1/s1. The quantitative estimate of drug-likeness (QED) is 0.359. The number of aryl methyl sites for hydroxylation is 1. The molecule has 0 radical (unpaired) electrons. The van der Waals surface area contributed by atoms with Gasteiger partial charge in [-0.3, -0.25) is 9.69 Å². The number of esters is 1. The Kier molecular flexibility index (Phi) is 5.93. The minimum absolute atomic E-state index is 0.161. The largest absolute Gasteiger partial charge is 0.464 e. The fraction of sp³-hybridized carbons (Fsp3) is 0.115. The van der Waals surface area contributed by atoms with Gasteiger partial charge in [-0.1, -0.05) is 78.0 Å². The summed E-state index contributed by atoms with van der Waals surface area (Å²) >= 11 is 2.58. The van der Waals surface area contributed by atoms with Crippen LogP contribution >= 0.6 is 23.5 Å². The molecule has 0 unspecified atom stereocenters. The van der Waals surface area contributed by atoms with Crippen LogP contribution in [0.4, 0.5) is 11.4 Å². The third kappa shape index (κ3) is 3.89. The number of methoxy groups -OCH3 is 1. The fourth-order valence-electron chi connectivity index (χ4n) is 3.75. The van der Waals surface area contributed by atoms with Gasteiger partial charge in [-0.15, -0.1) is 0 Å². The zero-order chi connectivity index (χ0) is 23.7. The molecule has 34 heavy (non-hydrogen) atoms. The van der Waals surface area contributed by atoms with Crippen LogP contribution in [0.25, 0.3) is 6.08 Å². The highest BCUT2D eigenvalue weighted by Crippen LogP contribution is 2.59. The van der Waals surface area contributed by atoms with Gasteiger partial charge in [0, 0.05) is 5.69 Å². The highest BCUT2D eigenvalue weighted by Gasteiger charge is 2.60. The van der Waals surface area contributed by atoms with Crippen LogP contribution in [-0.2, 0) is 14.3 Å². The lowest BCUT2D eigenvalue weighted by atomic mass is 10.2. The Bertz CT molecular complexity index is 1290. The number of thioether (sulfide) groups is 2. The average molecular weight is 488 g/mol. The van der Waals surface area contributed by atoms with E-state index in [4.69, 9.17) is 4.74 Å². The lowest BCUT2D eigenvalue weighted by Crippen LogP contribution is -2.51. The number of anilines is 2. The van der Waals surface area contributed by atoms with Crippen molar-refractivity contribution in [2.45, 2.75) is 11.3 Å². The Morgan fingerprint density at radius 3 is 2.21 bits per heavy atom. The van der Waals surface area contributed by atoms with Gasteiger partial charge in [-0.25, -0.2) is 9.80 Å². The van der Waals surface area contributed by atoms with Gasteiger partial charge in [0.05, 0.1) is 17.7 Å². The second-order valence-electron chi connectivity index (χ2n) is 7.69. The van der Waals surface area contributed by atoms with E-state index < -0.39 is 10.3 Å². The minimum atomic E-state index is -1.07. The number of hydrogen-bond acceptors (Lipinski definition) is 7. The molecule has 1 atom stereocenters. The molecular formula is C26H21N3O3S2. The Hall–Kier alpha value is -3.49. The third-order valence-corrected chi connectivity index (χ3v) is 8.07. The number of carbonyl (C=O) groups is 2. The van der Waals surface area contributed by atoms with Gasteiger partial charge in [0.25, 0.3) is 5.91 Å². The van der Waals surface area contributed by atoms with Crippen molar-refractivity contribution >= 4 is 57.9 Å². The molecule has 8 heteroatoms. The first-order valence-corrected chi connectivity index (χ1v) is 12.2. The molecule has 2 heterocycles. The number of hydrogen-bond donors (Lipinski definition) is 0. The summed E-state index contributed by atoms with van der Waals surface area (Å²) < 4.78 is 3.91. The van der Waals surface area contributed by atoms with Crippen molar-refractivity contribution in [3.8, 4) is 0 Å². The highest BCUT2D eigenvalue weighted by atomic mass is 32.2. The van der Waals surface area contributed by atoms with Crippen molar-refractivity contribution in [3.05, 3.63) is 101 Å². The van der Waals surface area contributed by atoms with Crippen LogP contribution in [0.1, 0.15) is 11.1 Å². The van der Waals surface area contributed by atoms with Gasteiger partial charge in [0.15, 0.2) is 0 Å². The molecule has 2 aliphatic heterocycles. The lowest BCUT2D eigenvalue weighted by Gasteiger charge is -2.38. The van der Waals surface area contributed by atoms with Gasteiger partial charge >= 0.3 is 5.97 Å². The maximum atomic E-state index is 13.9. The first kappa shape index (κ1) is 22.3. The predicted octanol–water partition coefficient (Wildman–Crippen LogP) is 5.47. The van der Waals surface area contributed by atoms with Crippen molar-refractivity contribution in [3.63, 3.8) is 0 Å². The zero-order valence-electron chi connectivity index (χ0n) is 18.5. The number of nitrogens with zero attached hydrogens (tertiary/aromatic N) is 3. The molecule has 5 rings (SSSR count). The molecule has 1 saturated heterocycles. The van der Waals surface area contributed by atoms with Crippen LogP contribution in [0, 0.1) is 6.92 Å². The summed E-state index contributed by atoms with van der Waals surface area (Å²) in [5.74, 6) is -0.702. The smallest absolute Gasteiger partial charge is 0.365 e. The molecule has 3 aromatic carbocycles. The highest BCUT2D eigenvalue weighted by molar-refractivity contribution is 8.29. The van der Waals surface area contributed by atoms with Crippen LogP contribution in [-0.4, -0.2) is 28.4 Å². The molecular weight excluding hydrogens is 466 g/mol. The number of carbonyl (C=O) groups excluding carboxylic acids is 2. The number of para-hydroxylation sites is 1. The molecule has 1 amide bonds. The normalized spacial score (nSPS) is 20.8. The van der Waals surface area contributed by atoms with E-state index in [1.165, 1.54) is 30.6 Å². The lowest BCUT2D eigenvalue weighted by molar-refractivity contribution is -0.132. The Morgan fingerprint density at radius 2 is 1.56 bits per heavy atom. The van der Waals surface area contributed by atoms with E-state index >= 15 is 0 Å². The van der Waals surface area contributed by atoms with E-state index in [1.807, 2.05) is 97.9 Å². The van der Waals surface area contributed by atoms with Gasteiger partial charge in [0.2, 0.25) is 9.37 Å². The van der Waals surface area contributed by atoms with E-state index in [2.05, 4.69) is 5.10 Å². The van der Waals surface area contributed by atoms with Crippen LogP contribution in [0.3, 0.4) is 0 Å². The molecule has 0 bridgehead atoms. The third-order valence-electron chi connectivity index (χ3n) is 5.38. The van der Waals surface area contributed by atoms with Gasteiger partial charge < -0.3 is 4.74 Å². The van der Waals surface area contributed by atoms with Gasteiger partial charge in [-0.2, -0.15) is 5.10 Å². The summed E-state index contributed by atoms with van der Waals surface area (Å²) in [5, 5.41) is 6.57. The molecule has 3 aromatic rings. The number of amides is 1. The molecule has 0 N–H and O–H groups in total. The predicted molar refractivity (Wildman–Crippen MR) is 139 cm³/mol. The topological polar surface area (TPSA) is 62.2 Å². The summed E-state index contributed by atoms with van der Waals surface area (Å²) in [7, 11) is 1.33. The van der Waals surface area contributed by atoms with Crippen LogP contribution in [0.15, 0.2) is 94.9 Å². The van der Waals surface area contributed by atoms with E-state index in [0.29, 0.717) is 10.6 Å². The molecule has 0 aliphatic carbocycles. The molecule has 0 aromatic heterocycles. The van der Waals surface area contributed by atoms with Crippen molar-refractivity contribution in [1.29, 1.82) is 0 Å². The maximum absolute atomic E-state index is 13.9. The summed E-state index contributed by atoms with van der Waals surface area (Å²) in [6.07, 6.45) is 1.88. The molecule has 2 aliphatic rings. The van der Waals surface area contributed by atoms with Gasteiger partial charge in [0.1, 0.15) is 0 Å². The zero-order valence-corrected chi connectivity index (χ0v) is 20.2. The Balaban J connectivity index is 1.69. The first-order chi connectivity index (χ1) is 16.5. The molecule has 1 fully saturated rings. The SMILES string of the molecule is COC(=O)C1=NN(c2ccc(C)cc2)[C@@]2(S1)S/C(=C/c1ccccc1)C(=O)N2c1ccccc1. The van der Waals surface area contributed by atoms with E-state index in [9.17, 15) is 9.59 Å². The van der Waals surface area contributed by atoms with E-state index in [-0.39, 0.29) is 11.0 Å². The number of benzene rings is 3. The first-order valence-electron chi connectivity index (χ1n) is 10.6. The van der Waals surface area contributed by atoms with E-state index in [1.54, 1.807) is 9.91 Å². The van der Waals surface area contributed by atoms with Crippen LogP contribution in [0.2, 0.25) is 0 Å². The fourth-order valence-corrected chi connectivity index (χ4v) is 6.64. The second-order valence-corrected chi connectivity index (χ2v) is 10.3. The summed E-state index contributed by atoms with van der Waals surface area (Å²) in [6.45, 7) is 2.01. The summed E-state index contributed by atoms with van der Waals surface area (Å²) in [4.78, 5) is 28.7. The minimum Gasteiger partial charge on any atom is -0.464 e. The van der Waals surface area contributed by atoms with Crippen molar-refractivity contribution < 1.29 is 14.3 Å². The second kappa shape index (κ2) is 9.04. The summed E-state index contributed by atoms with van der Waals surface area (Å²) in [6, 6.07) is 27.0. The monoisotopic (exact) mass is 487 g/mol. The molecule has 1 spiro atoms. The van der Waals surface area contributed by atoms with E-state index in [0.717, 1.165) is 16.8 Å². The van der Waals surface area contributed by atoms with Crippen LogP contribution < -0.4 is 9.91 Å². The number of hydrazone groups is 1. The van der Waals surface area contributed by atoms with Crippen molar-refractivity contribution in [2.24, 2.45) is 5.10 Å². The maximum Gasteiger partial charge on any atom is 0.365 e. The molecule has 6 nitrogen and oxygen atoms in total. The van der Waals surface area contributed by atoms with Crippen LogP contribution in [0.5, 0.6) is 0 Å². The summed E-state index contributed by atoms with van der Waals surface area (Å²) in [5.41, 5.74) is 3.49. The molecule has 0 saturated carbocycles. The Labute approximate surface area is 206 Å². The molecule has 170 valence electrons. The van der Waals surface area contributed by atoms with Crippen molar-refractivity contribution in [1.82, 2.24) is 0 Å². The number of rotatable bonds is 4. The average Bonchev–Trinajstić information content (AvgIpc) is 3.37. The number of ether oxygens (including phenoxy) is 1. The Morgan fingerprint density at radius 1 is 0.912 bits per heavy atom.